The summed E-state index contributed by atoms with van der Waals surface area (Å²) in [7, 11) is 0. The lowest BCUT2D eigenvalue weighted by Gasteiger charge is -2.06. The second-order valence-corrected chi connectivity index (χ2v) is 4.96. The summed E-state index contributed by atoms with van der Waals surface area (Å²) in [6.45, 7) is 8.46. The van der Waals surface area contributed by atoms with Crippen molar-refractivity contribution >= 4 is 11.6 Å². The van der Waals surface area contributed by atoms with Gasteiger partial charge in [-0.15, -0.1) is 0 Å². The molecule has 0 aliphatic carbocycles. The Morgan fingerprint density at radius 2 is 2.11 bits per heavy atom. The molecular formula is C14H19ClN4. The van der Waals surface area contributed by atoms with Gasteiger partial charge in [-0.25, -0.2) is 0 Å². The van der Waals surface area contributed by atoms with Crippen molar-refractivity contribution in [2.45, 2.75) is 33.9 Å². The van der Waals surface area contributed by atoms with Crippen LogP contribution in [0, 0.1) is 13.8 Å². The summed E-state index contributed by atoms with van der Waals surface area (Å²) in [5.41, 5.74) is 4.03. The second kappa shape index (κ2) is 6.17. The molecule has 1 N–H and O–H groups in total. The molecule has 2 aromatic rings. The molecule has 0 amide bonds. The lowest BCUT2D eigenvalue weighted by atomic mass is 10.2. The van der Waals surface area contributed by atoms with Crippen LogP contribution in [0.5, 0.6) is 0 Å². The molecule has 0 saturated carbocycles. The summed E-state index contributed by atoms with van der Waals surface area (Å²) in [6, 6.07) is 4.13. The molecule has 0 aliphatic rings. The van der Waals surface area contributed by atoms with E-state index in [0.717, 1.165) is 35.2 Å². The third-order valence-electron chi connectivity index (χ3n) is 3.07. The molecule has 2 heterocycles. The molecule has 0 radical (unpaired) electrons. The zero-order chi connectivity index (χ0) is 13.8. The van der Waals surface area contributed by atoms with E-state index in [1.54, 1.807) is 0 Å². The Bertz CT molecular complexity index is 545. The predicted octanol–water partition coefficient (Wildman–Crippen LogP) is 2.71. The molecule has 0 unspecified atom stereocenters. The van der Waals surface area contributed by atoms with E-state index in [0.29, 0.717) is 6.54 Å². The normalized spacial score (nSPS) is 10.9. The standard InChI is InChI=1S/C14H19ClN4/c1-4-16-7-12-5-6-13(17-8-12)9-19-11(3)14(15)10(2)18-19/h5-6,8,16H,4,7,9H2,1-3H3. The third kappa shape index (κ3) is 3.33. The van der Waals surface area contributed by atoms with Gasteiger partial charge in [0.2, 0.25) is 0 Å². The van der Waals surface area contributed by atoms with E-state index in [1.807, 2.05) is 30.8 Å². The number of hydrogen-bond donors (Lipinski definition) is 1. The van der Waals surface area contributed by atoms with Gasteiger partial charge in [0.25, 0.3) is 0 Å². The number of rotatable bonds is 5. The van der Waals surface area contributed by atoms with Gasteiger partial charge < -0.3 is 5.32 Å². The molecule has 19 heavy (non-hydrogen) atoms. The SMILES string of the molecule is CCNCc1ccc(Cn2nc(C)c(Cl)c2C)nc1. The quantitative estimate of drug-likeness (QED) is 0.914. The van der Waals surface area contributed by atoms with Gasteiger partial charge in [-0.2, -0.15) is 5.10 Å². The van der Waals surface area contributed by atoms with Gasteiger partial charge in [0.1, 0.15) is 0 Å². The van der Waals surface area contributed by atoms with Crippen LogP contribution in [0.25, 0.3) is 0 Å². The van der Waals surface area contributed by atoms with E-state index in [-0.39, 0.29) is 0 Å². The molecule has 0 atom stereocenters. The largest absolute Gasteiger partial charge is 0.313 e. The van der Waals surface area contributed by atoms with Crippen molar-refractivity contribution in [1.82, 2.24) is 20.1 Å². The zero-order valence-corrected chi connectivity index (χ0v) is 12.3. The van der Waals surface area contributed by atoms with Crippen molar-refractivity contribution in [3.8, 4) is 0 Å². The fourth-order valence-corrected chi connectivity index (χ4v) is 2.04. The fourth-order valence-electron chi connectivity index (χ4n) is 1.91. The van der Waals surface area contributed by atoms with Gasteiger partial charge in [0.05, 0.1) is 28.6 Å². The zero-order valence-electron chi connectivity index (χ0n) is 11.6. The molecule has 0 fully saturated rings. The van der Waals surface area contributed by atoms with Crippen LogP contribution in [-0.4, -0.2) is 21.3 Å². The number of pyridine rings is 1. The highest BCUT2D eigenvalue weighted by molar-refractivity contribution is 6.31. The predicted molar refractivity (Wildman–Crippen MR) is 77.4 cm³/mol. The summed E-state index contributed by atoms with van der Waals surface area (Å²) in [5, 5.41) is 8.43. The number of aromatic nitrogens is 3. The molecule has 0 spiro atoms. The number of nitrogens with zero attached hydrogens (tertiary/aromatic N) is 3. The average Bonchev–Trinajstić information content (AvgIpc) is 2.66. The van der Waals surface area contributed by atoms with Crippen molar-refractivity contribution < 1.29 is 0 Å². The van der Waals surface area contributed by atoms with E-state index in [2.05, 4.69) is 28.4 Å². The maximum Gasteiger partial charge on any atom is 0.0844 e. The molecule has 2 rings (SSSR count). The summed E-state index contributed by atoms with van der Waals surface area (Å²) < 4.78 is 1.89. The maximum atomic E-state index is 6.14. The third-order valence-corrected chi connectivity index (χ3v) is 3.62. The Kier molecular flexibility index (Phi) is 4.56. The minimum absolute atomic E-state index is 0.654. The average molecular weight is 279 g/mol. The lowest BCUT2D eigenvalue weighted by molar-refractivity contribution is 0.645. The Labute approximate surface area is 118 Å². The summed E-state index contributed by atoms with van der Waals surface area (Å²) in [5.74, 6) is 0. The minimum Gasteiger partial charge on any atom is -0.313 e. The van der Waals surface area contributed by atoms with Crippen LogP contribution in [0.3, 0.4) is 0 Å². The highest BCUT2D eigenvalue weighted by Gasteiger charge is 2.09. The molecule has 0 aliphatic heterocycles. The first-order valence-electron chi connectivity index (χ1n) is 6.45. The van der Waals surface area contributed by atoms with Crippen LogP contribution in [-0.2, 0) is 13.1 Å². The van der Waals surface area contributed by atoms with E-state index in [1.165, 1.54) is 5.56 Å². The molecule has 102 valence electrons. The summed E-state index contributed by atoms with van der Waals surface area (Å²) in [6.07, 6.45) is 1.91. The number of aryl methyl sites for hydroxylation is 1. The van der Waals surface area contributed by atoms with Crippen LogP contribution in [0.2, 0.25) is 5.02 Å². The van der Waals surface area contributed by atoms with Crippen LogP contribution >= 0.6 is 11.6 Å². The molecule has 0 aromatic carbocycles. The van der Waals surface area contributed by atoms with Gasteiger partial charge in [-0.05, 0) is 32.0 Å². The topological polar surface area (TPSA) is 42.7 Å². The Morgan fingerprint density at radius 3 is 2.63 bits per heavy atom. The summed E-state index contributed by atoms with van der Waals surface area (Å²) in [4.78, 5) is 4.46. The number of nitrogens with one attached hydrogen (secondary N) is 1. The molecule has 4 nitrogen and oxygen atoms in total. The van der Waals surface area contributed by atoms with Crippen LogP contribution in [0.1, 0.15) is 29.6 Å². The van der Waals surface area contributed by atoms with Gasteiger partial charge in [0, 0.05) is 12.7 Å². The Hall–Kier alpha value is -1.39. The molecule has 2 aromatic heterocycles. The van der Waals surface area contributed by atoms with Crippen LogP contribution in [0.15, 0.2) is 18.3 Å². The molecule has 0 bridgehead atoms. The highest BCUT2D eigenvalue weighted by Crippen LogP contribution is 2.19. The monoisotopic (exact) mass is 278 g/mol. The first kappa shape index (κ1) is 14.0. The molecular weight excluding hydrogens is 260 g/mol. The number of halogens is 1. The van der Waals surface area contributed by atoms with Crippen molar-refractivity contribution in [3.05, 3.63) is 46.0 Å². The van der Waals surface area contributed by atoms with Crippen molar-refractivity contribution in [1.29, 1.82) is 0 Å². The van der Waals surface area contributed by atoms with Crippen molar-refractivity contribution in [3.63, 3.8) is 0 Å². The second-order valence-electron chi connectivity index (χ2n) is 4.58. The Morgan fingerprint density at radius 1 is 1.32 bits per heavy atom. The van der Waals surface area contributed by atoms with E-state index in [9.17, 15) is 0 Å². The molecule has 0 saturated heterocycles. The van der Waals surface area contributed by atoms with Crippen LogP contribution < -0.4 is 5.32 Å². The summed E-state index contributed by atoms with van der Waals surface area (Å²) >= 11 is 6.14. The van der Waals surface area contributed by atoms with Crippen LogP contribution in [0.4, 0.5) is 0 Å². The van der Waals surface area contributed by atoms with Gasteiger partial charge >= 0.3 is 0 Å². The minimum atomic E-state index is 0.654. The fraction of sp³-hybridized carbons (Fsp3) is 0.429. The molecule has 5 heteroatoms. The first-order chi connectivity index (χ1) is 9.11. The smallest absolute Gasteiger partial charge is 0.0844 e. The van der Waals surface area contributed by atoms with E-state index in [4.69, 9.17) is 11.6 Å². The van der Waals surface area contributed by atoms with Crippen molar-refractivity contribution in [2.24, 2.45) is 0 Å². The Balaban J connectivity index is 2.08. The van der Waals surface area contributed by atoms with Gasteiger partial charge in [-0.3, -0.25) is 9.67 Å². The lowest BCUT2D eigenvalue weighted by Crippen LogP contribution is -2.12. The number of hydrogen-bond acceptors (Lipinski definition) is 3. The van der Waals surface area contributed by atoms with Crippen molar-refractivity contribution in [2.75, 3.05) is 6.54 Å². The highest BCUT2D eigenvalue weighted by atomic mass is 35.5. The van der Waals surface area contributed by atoms with Gasteiger partial charge in [-0.1, -0.05) is 24.6 Å². The first-order valence-corrected chi connectivity index (χ1v) is 6.83. The van der Waals surface area contributed by atoms with Gasteiger partial charge in [0.15, 0.2) is 0 Å². The maximum absolute atomic E-state index is 6.14. The van der Waals surface area contributed by atoms with E-state index < -0.39 is 0 Å². The van der Waals surface area contributed by atoms with E-state index >= 15 is 0 Å².